The SMILES string of the molecule is COCCCC1(CNC2CC2)CCCCC1. The van der Waals surface area contributed by atoms with Crippen molar-refractivity contribution in [2.45, 2.75) is 63.8 Å². The Kier molecular flexibility index (Phi) is 4.66. The summed E-state index contributed by atoms with van der Waals surface area (Å²) >= 11 is 0. The first-order valence-corrected chi connectivity index (χ1v) is 7.07. The summed E-state index contributed by atoms with van der Waals surface area (Å²) in [7, 11) is 1.82. The normalized spacial score (nSPS) is 24.6. The Balaban J connectivity index is 1.77. The lowest BCUT2D eigenvalue weighted by molar-refractivity contribution is 0.130. The van der Waals surface area contributed by atoms with Gasteiger partial charge in [0.15, 0.2) is 0 Å². The molecular formula is C14H27NO. The van der Waals surface area contributed by atoms with Crippen LogP contribution in [-0.2, 0) is 4.74 Å². The zero-order valence-corrected chi connectivity index (χ0v) is 10.8. The third-order valence-electron chi connectivity index (χ3n) is 4.31. The first kappa shape index (κ1) is 12.4. The molecule has 2 fully saturated rings. The topological polar surface area (TPSA) is 21.3 Å². The Hall–Kier alpha value is -0.0800. The Bertz CT molecular complexity index is 195. The number of methoxy groups -OCH3 is 1. The van der Waals surface area contributed by atoms with Crippen LogP contribution in [0.5, 0.6) is 0 Å². The van der Waals surface area contributed by atoms with E-state index in [1.807, 2.05) is 7.11 Å². The molecule has 2 rings (SSSR count). The standard InChI is InChI=1S/C14H27NO/c1-16-11-5-10-14(8-3-2-4-9-14)12-15-13-6-7-13/h13,15H,2-12H2,1H3. The Morgan fingerprint density at radius 1 is 1.19 bits per heavy atom. The van der Waals surface area contributed by atoms with E-state index in [0.717, 1.165) is 12.6 Å². The van der Waals surface area contributed by atoms with Crippen molar-refractivity contribution < 1.29 is 4.74 Å². The lowest BCUT2D eigenvalue weighted by atomic mass is 9.71. The fourth-order valence-corrected chi connectivity index (χ4v) is 3.06. The minimum Gasteiger partial charge on any atom is -0.385 e. The average molecular weight is 225 g/mol. The molecule has 2 heteroatoms. The summed E-state index contributed by atoms with van der Waals surface area (Å²) in [6.07, 6.45) is 12.6. The van der Waals surface area contributed by atoms with Crippen molar-refractivity contribution in [3.05, 3.63) is 0 Å². The maximum atomic E-state index is 5.20. The van der Waals surface area contributed by atoms with Crippen LogP contribution in [0, 0.1) is 5.41 Å². The Labute approximate surface area is 100 Å². The van der Waals surface area contributed by atoms with E-state index in [1.165, 1.54) is 64.3 Å². The average Bonchev–Trinajstić information content (AvgIpc) is 3.12. The highest BCUT2D eigenvalue weighted by Crippen LogP contribution is 2.40. The van der Waals surface area contributed by atoms with E-state index in [2.05, 4.69) is 5.32 Å². The molecule has 94 valence electrons. The monoisotopic (exact) mass is 225 g/mol. The Morgan fingerprint density at radius 2 is 1.94 bits per heavy atom. The molecule has 2 aliphatic carbocycles. The van der Waals surface area contributed by atoms with Gasteiger partial charge in [0.2, 0.25) is 0 Å². The van der Waals surface area contributed by atoms with E-state index in [9.17, 15) is 0 Å². The first-order valence-electron chi connectivity index (χ1n) is 7.07. The molecule has 1 N–H and O–H groups in total. The largest absolute Gasteiger partial charge is 0.385 e. The van der Waals surface area contributed by atoms with Gasteiger partial charge < -0.3 is 10.1 Å². The van der Waals surface area contributed by atoms with Gasteiger partial charge >= 0.3 is 0 Å². The summed E-state index contributed by atoms with van der Waals surface area (Å²) in [5.74, 6) is 0. The lowest BCUT2D eigenvalue weighted by Gasteiger charge is -2.38. The van der Waals surface area contributed by atoms with E-state index in [-0.39, 0.29) is 0 Å². The van der Waals surface area contributed by atoms with E-state index in [4.69, 9.17) is 4.74 Å². The summed E-state index contributed by atoms with van der Waals surface area (Å²) < 4.78 is 5.20. The number of ether oxygens (including phenoxy) is 1. The molecule has 0 radical (unpaired) electrons. The predicted octanol–water partition coefficient (Wildman–Crippen LogP) is 3.12. The summed E-state index contributed by atoms with van der Waals surface area (Å²) in [6, 6.07) is 0.862. The molecule has 16 heavy (non-hydrogen) atoms. The van der Waals surface area contributed by atoms with Crippen molar-refractivity contribution in [2.24, 2.45) is 5.41 Å². The highest BCUT2D eigenvalue weighted by molar-refractivity contribution is 4.89. The van der Waals surface area contributed by atoms with Crippen molar-refractivity contribution in [3.63, 3.8) is 0 Å². The molecule has 0 aliphatic heterocycles. The number of hydrogen-bond acceptors (Lipinski definition) is 2. The maximum absolute atomic E-state index is 5.20. The van der Waals surface area contributed by atoms with Crippen LogP contribution in [0.2, 0.25) is 0 Å². The summed E-state index contributed by atoms with van der Waals surface area (Å²) in [5.41, 5.74) is 0.610. The smallest absolute Gasteiger partial charge is 0.0462 e. The van der Waals surface area contributed by atoms with Gasteiger partial charge in [0, 0.05) is 26.3 Å². The summed E-state index contributed by atoms with van der Waals surface area (Å²) in [4.78, 5) is 0. The molecule has 0 atom stereocenters. The quantitative estimate of drug-likeness (QED) is 0.672. The van der Waals surface area contributed by atoms with Crippen molar-refractivity contribution in [3.8, 4) is 0 Å². The molecule has 0 spiro atoms. The van der Waals surface area contributed by atoms with Gasteiger partial charge in [0.25, 0.3) is 0 Å². The molecule has 0 amide bonds. The second-order valence-electron chi connectivity index (χ2n) is 5.81. The van der Waals surface area contributed by atoms with E-state index in [0.29, 0.717) is 5.41 Å². The van der Waals surface area contributed by atoms with Crippen molar-refractivity contribution >= 4 is 0 Å². The summed E-state index contributed by atoms with van der Waals surface area (Å²) in [5, 5.41) is 3.75. The third-order valence-corrected chi connectivity index (χ3v) is 4.31. The molecule has 0 aromatic carbocycles. The van der Waals surface area contributed by atoms with Crippen LogP contribution in [0.1, 0.15) is 57.8 Å². The molecule has 0 unspecified atom stereocenters. The molecule has 2 nitrogen and oxygen atoms in total. The van der Waals surface area contributed by atoms with E-state index < -0.39 is 0 Å². The van der Waals surface area contributed by atoms with Crippen molar-refractivity contribution in [1.82, 2.24) is 5.32 Å². The molecule has 0 bridgehead atoms. The zero-order valence-electron chi connectivity index (χ0n) is 10.8. The van der Waals surface area contributed by atoms with Gasteiger partial charge in [-0.25, -0.2) is 0 Å². The minimum absolute atomic E-state index is 0.610. The van der Waals surface area contributed by atoms with Crippen molar-refractivity contribution in [1.29, 1.82) is 0 Å². The molecule has 0 aromatic heterocycles. The lowest BCUT2D eigenvalue weighted by Crippen LogP contribution is -2.37. The third kappa shape index (κ3) is 3.74. The van der Waals surface area contributed by atoms with Gasteiger partial charge in [-0.05, 0) is 43.9 Å². The molecule has 0 heterocycles. The molecule has 2 saturated carbocycles. The van der Waals surface area contributed by atoms with Crippen LogP contribution in [0.25, 0.3) is 0 Å². The fourth-order valence-electron chi connectivity index (χ4n) is 3.06. The molecule has 0 aromatic rings. The van der Waals surface area contributed by atoms with Crippen LogP contribution < -0.4 is 5.32 Å². The second kappa shape index (κ2) is 6.02. The highest BCUT2D eigenvalue weighted by Gasteiger charge is 2.33. The van der Waals surface area contributed by atoms with Crippen molar-refractivity contribution in [2.75, 3.05) is 20.3 Å². The summed E-state index contributed by atoms with van der Waals surface area (Å²) in [6.45, 7) is 2.20. The molecule has 2 aliphatic rings. The van der Waals surface area contributed by atoms with Crippen LogP contribution in [-0.4, -0.2) is 26.3 Å². The van der Waals surface area contributed by atoms with Gasteiger partial charge in [-0.3, -0.25) is 0 Å². The first-order chi connectivity index (χ1) is 7.85. The van der Waals surface area contributed by atoms with Crippen LogP contribution in [0.15, 0.2) is 0 Å². The number of hydrogen-bond donors (Lipinski definition) is 1. The Morgan fingerprint density at radius 3 is 2.56 bits per heavy atom. The van der Waals surface area contributed by atoms with Crippen LogP contribution in [0.3, 0.4) is 0 Å². The highest BCUT2D eigenvalue weighted by atomic mass is 16.5. The van der Waals surface area contributed by atoms with Gasteiger partial charge in [-0.1, -0.05) is 19.3 Å². The van der Waals surface area contributed by atoms with E-state index >= 15 is 0 Å². The molecule has 0 saturated heterocycles. The van der Waals surface area contributed by atoms with Gasteiger partial charge in [0.1, 0.15) is 0 Å². The minimum atomic E-state index is 0.610. The predicted molar refractivity (Wildman–Crippen MR) is 67.7 cm³/mol. The van der Waals surface area contributed by atoms with E-state index in [1.54, 1.807) is 0 Å². The van der Waals surface area contributed by atoms with Gasteiger partial charge in [-0.15, -0.1) is 0 Å². The zero-order chi connectivity index (χ0) is 11.3. The number of rotatable bonds is 7. The van der Waals surface area contributed by atoms with Gasteiger partial charge in [0.05, 0.1) is 0 Å². The maximum Gasteiger partial charge on any atom is 0.0462 e. The number of nitrogens with one attached hydrogen (secondary N) is 1. The van der Waals surface area contributed by atoms with Crippen LogP contribution in [0.4, 0.5) is 0 Å². The second-order valence-corrected chi connectivity index (χ2v) is 5.81. The van der Waals surface area contributed by atoms with Crippen LogP contribution >= 0.6 is 0 Å². The van der Waals surface area contributed by atoms with Gasteiger partial charge in [-0.2, -0.15) is 0 Å². The fraction of sp³-hybridized carbons (Fsp3) is 1.00. The molecular weight excluding hydrogens is 198 g/mol.